The molecule has 0 aromatic carbocycles. The van der Waals surface area contributed by atoms with E-state index in [1.165, 1.54) is 89.9 Å². The molecular weight excluding hydrogens is 856 g/mol. The number of carbonyl (C=O) groups is 3. The molecule has 11 nitrogen and oxygen atoms in total. The summed E-state index contributed by atoms with van der Waals surface area (Å²) in [7, 11) is -4.74. The van der Waals surface area contributed by atoms with Crippen LogP contribution in [0.15, 0.2) is 36.5 Å². The largest absolute Gasteiger partial charge is 0.472 e. The minimum atomic E-state index is -4.74. The summed E-state index contributed by atoms with van der Waals surface area (Å²) in [6.07, 6.45) is 48.2. The van der Waals surface area contributed by atoms with E-state index in [0.717, 1.165) is 103 Å². The Morgan fingerprint density at radius 2 is 0.788 bits per heavy atom. The normalized spacial score (nSPS) is 13.7. The highest BCUT2D eigenvalue weighted by molar-refractivity contribution is 7.47. The minimum Gasteiger partial charge on any atom is -0.462 e. The van der Waals surface area contributed by atoms with Gasteiger partial charge in [-0.2, -0.15) is 0 Å². The van der Waals surface area contributed by atoms with Gasteiger partial charge in [0.2, 0.25) is 0 Å². The van der Waals surface area contributed by atoms with Crippen molar-refractivity contribution in [2.24, 2.45) is 0 Å². The van der Waals surface area contributed by atoms with Crippen molar-refractivity contribution < 1.29 is 52.2 Å². The van der Waals surface area contributed by atoms with Crippen molar-refractivity contribution in [1.82, 2.24) is 0 Å². The van der Waals surface area contributed by atoms with Gasteiger partial charge in [0.1, 0.15) is 12.7 Å². The number of hydrogen-bond acceptors (Lipinski definition) is 10. The predicted octanol–water partition coefficient (Wildman–Crippen LogP) is 15.3. The van der Waals surface area contributed by atoms with Gasteiger partial charge in [0, 0.05) is 19.3 Å². The summed E-state index contributed by atoms with van der Waals surface area (Å²) < 4.78 is 39.4. The molecule has 0 bridgehead atoms. The van der Waals surface area contributed by atoms with E-state index >= 15 is 0 Å². The molecule has 0 amide bonds. The van der Waals surface area contributed by atoms with Gasteiger partial charge in [-0.05, 0) is 64.2 Å². The summed E-state index contributed by atoms with van der Waals surface area (Å²) >= 11 is 0. The summed E-state index contributed by atoms with van der Waals surface area (Å²) in [6.45, 7) is 4.53. The van der Waals surface area contributed by atoms with E-state index in [-0.39, 0.29) is 25.9 Å². The number of rotatable bonds is 50. The molecule has 12 heteroatoms. The number of ether oxygens (including phenoxy) is 3. The van der Waals surface area contributed by atoms with Gasteiger partial charge in [-0.3, -0.25) is 23.4 Å². The highest BCUT2D eigenvalue weighted by Crippen LogP contribution is 2.43. The van der Waals surface area contributed by atoms with Crippen LogP contribution in [0.25, 0.3) is 0 Å². The fourth-order valence-corrected chi connectivity index (χ4v) is 8.16. The van der Waals surface area contributed by atoms with Gasteiger partial charge < -0.3 is 24.2 Å². The zero-order valence-corrected chi connectivity index (χ0v) is 43.3. The van der Waals surface area contributed by atoms with Crippen LogP contribution in [-0.4, -0.2) is 66.5 Å². The Morgan fingerprint density at radius 3 is 1.24 bits per heavy atom. The molecule has 0 aromatic heterocycles. The summed E-state index contributed by atoms with van der Waals surface area (Å²) in [6, 6.07) is 0. The number of unbranched alkanes of at least 4 members (excludes halogenated alkanes) is 27. The van der Waals surface area contributed by atoms with E-state index in [1.807, 2.05) is 0 Å². The third-order valence-electron chi connectivity index (χ3n) is 11.5. The van der Waals surface area contributed by atoms with Crippen LogP contribution in [0.2, 0.25) is 0 Å². The molecule has 0 aliphatic heterocycles. The van der Waals surface area contributed by atoms with E-state index in [1.54, 1.807) is 0 Å². The Bertz CT molecular complexity index is 1250. The number of allylic oxidation sites excluding steroid dienone is 6. The first-order chi connectivity index (χ1) is 32.2. The average molecular weight is 955 g/mol. The first-order valence-electron chi connectivity index (χ1n) is 26.9. The number of phosphoric ester groups is 1. The van der Waals surface area contributed by atoms with Crippen molar-refractivity contribution in [3.05, 3.63) is 36.5 Å². The van der Waals surface area contributed by atoms with Gasteiger partial charge in [-0.15, -0.1) is 0 Å². The molecule has 0 fully saturated rings. The molecule has 3 atom stereocenters. The van der Waals surface area contributed by atoms with Gasteiger partial charge in [0.05, 0.1) is 19.8 Å². The minimum absolute atomic E-state index is 0.168. The molecule has 0 aliphatic rings. The lowest BCUT2D eigenvalue weighted by molar-refractivity contribution is -0.161. The molecule has 66 heavy (non-hydrogen) atoms. The first kappa shape index (κ1) is 63.7. The number of aliphatic hydroxyl groups is 1. The lowest BCUT2D eigenvalue weighted by Crippen LogP contribution is -2.30. The average Bonchev–Trinajstić information content (AvgIpc) is 3.30. The second-order valence-electron chi connectivity index (χ2n) is 18.0. The number of aliphatic hydroxyl groups excluding tert-OH is 1. The van der Waals surface area contributed by atoms with Crippen molar-refractivity contribution in [2.75, 3.05) is 26.4 Å². The molecule has 0 rings (SSSR count). The predicted molar refractivity (Wildman–Crippen MR) is 270 cm³/mol. The lowest BCUT2D eigenvalue weighted by Gasteiger charge is -2.21. The lowest BCUT2D eigenvalue weighted by atomic mass is 10.0. The van der Waals surface area contributed by atoms with Crippen LogP contribution in [0.5, 0.6) is 0 Å². The Balaban J connectivity index is 4.74. The quantitative estimate of drug-likeness (QED) is 0.0197. The van der Waals surface area contributed by atoms with Crippen LogP contribution in [0, 0.1) is 0 Å². The number of phosphoric acid groups is 1. The van der Waals surface area contributed by atoms with Gasteiger partial charge in [0.25, 0.3) is 0 Å². The highest BCUT2D eigenvalue weighted by atomic mass is 31.2. The van der Waals surface area contributed by atoms with Crippen LogP contribution >= 0.6 is 7.82 Å². The van der Waals surface area contributed by atoms with Crippen molar-refractivity contribution in [1.29, 1.82) is 0 Å². The van der Waals surface area contributed by atoms with E-state index in [9.17, 15) is 28.9 Å². The maximum absolute atomic E-state index is 12.8. The molecule has 0 aromatic rings. The standard InChI is InChI=1S/C54H99O11P/c1-4-7-10-13-16-19-22-24-25-27-30-33-36-39-42-45-54(58)65-51(47-61-52(56)43-40-37-34-31-29-26-23-20-17-14-11-8-5-2)49-63-66(59,60)62-48-50(46-55)64-53(57)44-41-38-35-32-28-21-18-15-12-9-6-3/h11,14-15,18,20,23,50-51,55H,4-10,12-13,16-17,19,21-22,24-49H2,1-3H3,(H,59,60)/b14-11-,18-15-,23-20-. The van der Waals surface area contributed by atoms with Gasteiger partial charge in [-0.1, -0.05) is 205 Å². The van der Waals surface area contributed by atoms with Crippen LogP contribution < -0.4 is 0 Å². The molecule has 386 valence electrons. The summed E-state index contributed by atoms with van der Waals surface area (Å²) in [4.78, 5) is 48.3. The van der Waals surface area contributed by atoms with Gasteiger partial charge >= 0.3 is 25.7 Å². The third kappa shape index (κ3) is 46.8. The van der Waals surface area contributed by atoms with Crippen molar-refractivity contribution in [2.45, 2.75) is 264 Å². The Labute approximate surface area is 403 Å². The topological polar surface area (TPSA) is 155 Å². The maximum Gasteiger partial charge on any atom is 0.472 e. The second kappa shape index (κ2) is 49.1. The fraction of sp³-hybridized carbons (Fsp3) is 0.833. The number of esters is 3. The Morgan fingerprint density at radius 1 is 0.424 bits per heavy atom. The smallest absolute Gasteiger partial charge is 0.462 e. The Kier molecular flexibility index (Phi) is 47.4. The summed E-state index contributed by atoms with van der Waals surface area (Å²) in [5.74, 6) is -1.48. The molecule has 0 radical (unpaired) electrons. The zero-order chi connectivity index (χ0) is 48.4. The van der Waals surface area contributed by atoms with Crippen LogP contribution in [0.4, 0.5) is 0 Å². The monoisotopic (exact) mass is 955 g/mol. The molecule has 0 saturated heterocycles. The molecule has 0 aliphatic carbocycles. The van der Waals surface area contributed by atoms with Crippen LogP contribution in [0.1, 0.15) is 252 Å². The number of hydrogen-bond donors (Lipinski definition) is 2. The van der Waals surface area contributed by atoms with Crippen LogP contribution in [-0.2, 0) is 42.2 Å². The molecule has 0 spiro atoms. The van der Waals surface area contributed by atoms with Crippen LogP contribution in [0.3, 0.4) is 0 Å². The highest BCUT2D eigenvalue weighted by Gasteiger charge is 2.28. The first-order valence-corrected chi connectivity index (χ1v) is 28.4. The molecule has 0 heterocycles. The van der Waals surface area contributed by atoms with E-state index in [4.69, 9.17) is 23.3 Å². The van der Waals surface area contributed by atoms with E-state index in [0.29, 0.717) is 19.3 Å². The zero-order valence-electron chi connectivity index (χ0n) is 42.4. The summed E-state index contributed by atoms with van der Waals surface area (Å²) in [5, 5.41) is 9.76. The number of carbonyl (C=O) groups excluding carboxylic acids is 3. The molecular formula is C54H99O11P. The van der Waals surface area contributed by atoms with Crippen molar-refractivity contribution in [3.8, 4) is 0 Å². The van der Waals surface area contributed by atoms with Gasteiger partial charge in [0.15, 0.2) is 6.10 Å². The van der Waals surface area contributed by atoms with Gasteiger partial charge in [-0.25, -0.2) is 4.57 Å². The fourth-order valence-electron chi connectivity index (χ4n) is 7.38. The van der Waals surface area contributed by atoms with Crippen molar-refractivity contribution in [3.63, 3.8) is 0 Å². The maximum atomic E-state index is 12.8. The molecule has 0 saturated carbocycles. The van der Waals surface area contributed by atoms with E-state index in [2.05, 4.69) is 57.2 Å². The van der Waals surface area contributed by atoms with Crippen molar-refractivity contribution >= 4 is 25.7 Å². The molecule has 2 N–H and O–H groups in total. The SMILES string of the molecule is CCC/C=C\C/C=C\CCCCCCCC(=O)OCC(COP(=O)(O)OCC(CO)OC(=O)CCCCCCC/C=C\CCCC)OC(=O)CCCCCCCCCCCCCCCCC. The second-order valence-corrected chi connectivity index (χ2v) is 19.5. The Hall–Kier alpha value is -2.30. The van der Waals surface area contributed by atoms with E-state index < -0.39 is 57.8 Å². The molecule has 3 unspecified atom stereocenters. The third-order valence-corrected chi connectivity index (χ3v) is 12.5. The summed E-state index contributed by atoms with van der Waals surface area (Å²) in [5.41, 5.74) is 0.